The average molecular weight is 277 g/mol. The van der Waals surface area contributed by atoms with Gasteiger partial charge in [-0.3, -0.25) is 4.79 Å². The van der Waals surface area contributed by atoms with Crippen molar-refractivity contribution in [2.75, 3.05) is 6.54 Å². The van der Waals surface area contributed by atoms with Gasteiger partial charge in [-0.05, 0) is 30.5 Å². The maximum Gasteiger partial charge on any atom is 0.335 e. The van der Waals surface area contributed by atoms with E-state index in [0.717, 1.165) is 24.8 Å². The Balaban J connectivity index is 2.20. The van der Waals surface area contributed by atoms with Gasteiger partial charge in [-0.25, -0.2) is 4.79 Å². The second-order valence-corrected chi connectivity index (χ2v) is 4.91. The fourth-order valence-corrected chi connectivity index (χ4v) is 1.96. The number of benzene rings is 1. The standard InChI is InChI=1S/C16H23NO3/c1-2-3-4-5-6-15(18)17-12-11-13-7-9-14(10-8-13)16(19)20/h7-10H,2-6,11-12H2,1H3,(H,17,18)(H,19,20). The molecule has 0 spiro atoms. The Bertz CT molecular complexity index is 426. The summed E-state index contributed by atoms with van der Waals surface area (Å²) in [7, 11) is 0. The molecule has 1 aromatic carbocycles. The van der Waals surface area contributed by atoms with Crippen molar-refractivity contribution >= 4 is 11.9 Å². The van der Waals surface area contributed by atoms with Crippen molar-refractivity contribution in [1.29, 1.82) is 0 Å². The highest BCUT2D eigenvalue weighted by atomic mass is 16.4. The van der Waals surface area contributed by atoms with E-state index < -0.39 is 5.97 Å². The number of nitrogens with one attached hydrogen (secondary N) is 1. The highest BCUT2D eigenvalue weighted by Gasteiger charge is 2.03. The third-order valence-electron chi connectivity index (χ3n) is 3.19. The summed E-state index contributed by atoms with van der Waals surface area (Å²) in [4.78, 5) is 22.3. The Morgan fingerprint density at radius 3 is 2.40 bits per heavy atom. The fourth-order valence-electron chi connectivity index (χ4n) is 1.96. The molecule has 0 atom stereocenters. The third-order valence-corrected chi connectivity index (χ3v) is 3.19. The number of rotatable bonds is 9. The molecule has 0 unspecified atom stereocenters. The predicted octanol–water partition coefficient (Wildman–Crippen LogP) is 3.01. The van der Waals surface area contributed by atoms with Crippen LogP contribution in [0.3, 0.4) is 0 Å². The van der Waals surface area contributed by atoms with Crippen LogP contribution in [-0.2, 0) is 11.2 Å². The lowest BCUT2D eigenvalue weighted by molar-refractivity contribution is -0.121. The molecule has 0 bridgehead atoms. The molecule has 1 aromatic rings. The first kappa shape index (κ1) is 16.2. The molecule has 0 radical (unpaired) electrons. The molecular weight excluding hydrogens is 254 g/mol. The maximum absolute atomic E-state index is 11.6. The van der Waals surface area contributed by atoms with Crippen molar-refractivity contribution in [3.05, 3.63) is 35.4 Å². The molecule has 0 saturated carbocycles. The zero-order valence-corrected chi connectivity index (χ0v) is 12.0. The first-order valence-corrected chi connectivity index (χ1v) is 7.22. The summed E-state index contributed by atoms with van der Waals surface area (Å²) >= 11 is 0. The number of hydrogen-bond acceptors (Lipinski definition) is 2. The van der Waals surface area contributed by atoms with E-state index in [4.69, 9.17) is 5.11 Å². The fraction of sp³-hybridized carbons (Fsp3) is 0.500. The third kappa shape index (κ3) is 6.36. The molecule has 110 valence electrons. The summed E-state index contributed by atoms with van der Waals surface area (Å²) in [5.74, 6) is -0.819. The van der Waals surface area contributed by atoms with Gasteiger partial charge in [0.05, 0.1) is 5.56 Å². The van der Waals surface area contributed by atoms with E-state index in [9.17, 15) is 9.59 Å². The van der Waals surface area contributed by atoms with Crippen molar-refractivity contribution < 1.29 is 14.7 Å². The molecule has 0 fully saturated rings. The molecule has 4 heteroatoms. The molecule has 0 aliphatic carbocycles. The lowest BCUT2D eigenvalue weighted by atomic mass is 10.1. The van der Waals surface area contributed by atoms with Crippen molar-refractivity contribution in [2.45, 2.75) is 45.4 Å². The van der Waals surface area contributed by atoms with Crippen LogP contribution in [0.15, 0.2) is 24.3 Å². The number of carbonyl (C=O) groups is 2. The van der Waals surface area contributed by atoms with Gasteiger partial charge in [0.2, 0.25) is 5.91 Å². The Labute approximate surface area is 120 Å². The van der Waals surface area contributed by atoms with Gasteiger partial charge in [-0.2, -0.15) is 0 Å². The number of aromatic carboxylic acids is 1. The van der Waals surface area contributed by atoms with Crippen LogP contribution in [0.4, 0.5) is 0 Å². The van der Waals surface area contributed by atoms with Crippen LogP contribution < -0.4 is 5.32 Å². The van der Waals surface area contributed by atoms with Crippen molar-refractivity contribution in [1.82, 2.24) is 5.32 Å². The summed E-state index contributed by atoms with van der Waals surface area (Å²) in [6, 6.07) is 6.75. The minimum atomic E-state index is -0.920. The van der Waals surface area contributed by atoms with Crippen molar-refractivity contribution in [3.63, 3.8) is 0 Å². The highest BCUT2D eigenvalue weighted by Crippen LogP contribution is 2.05. The number of carboxylic acid groups (broad SMARTS) is 1. The van der Waals surface area contributed by atoms with Crippen molar-refractivity contribution in [3.8, 4) is 0 Å². The molecule has 0 aliphatic heterocycles. The monoisotopic (exact) mass is 277 g/mol. The van der Waals surface area contributed by atoms with Gasteiger partial charge < -0.3 is 10.4 Å². The summed E-state index contributed by atoms with van der Waals surface area (Å²) in [5.41, 5.74) is 1.31. The summed E-state index contributed by atoms with van der Waals surface area (Å²) < 4.78 is 0. The molecular formula is C16H23NO3. The SMILES string of the molecule is CCCCCCC(=O)NCCc1ccc(C(=O)O)cc1. The number of carboxylic acids is 1. The van der Waals surface area contributed by atoms with Gasteiger partial charge in [0, 0.05) is 13.0 Å². The zero-order chi connectivity index (χ0) is 14.8. The predicted molar refractivity (Wildman–Crippen MR) is 78.9 cm³/mol. The molecule has 2 N–H and O–H groups in total. The molecule has 0 saturated heterocycles. The minimum absolute atomic E-state index is 0.100. The quantitative estimate of drug-likeness (QED) is 0.682. The smallest absolute Gasteiger partial charge is 0.335 e. The second kappa shape index (κ2) is 9.13. The number of hydrogen-bond donors (Lipinski definition) is 2. The first-order chi connectivity index (χ1) is 9.63. The normalized spacial score (nSPS) is 10.2. The lowest BCUT2D eigenvalue weighted by Gasteiger charge is -2.05. The minimum Gasteiger partial charge on any atom is -0.478 e. The Morgan fingerprint density at radius 2 is 1.80 bits per heavy atom. The largest absolute Gasteiger partial charge is 0.478 e. The maximum atomic E-state index is 11.6. The van der Waals surface area contributed by atoms with Gasteiger partial charge in [-0.15, -0.1) is 0 Å². The van der Waals surface area contributed by atoms with E-state index in [1.54, 1.807) is 24.3 Å². The average Bonchev–Trinajstić information content (AvgIpc) is 2.44. The molecule has 1 rings (SSSR count). The molecule has 4 nitrogen and oxygen atoms in total. The van der Waals surface area contributed by atoms with Gasteiger partial charge in [-0.1, -0.05) is 38.3 Å². The number of amides is 1. The van der Waals surface area contributed by atoms with E-state index >= 15 is 0 Å². The van der Waals surface area contributed by atoms with Gasteiger partial charge in [0.25, 0.3) is 0 Å². The van der Waals surface area contributed by atoms with Crippen LogP contribution in [0.2, 0.25) is 0 Å². The summed E-state index contributed by atoms with van der Waals surface area (Å²) in [5, 5.41) is 11.7. The van der Waals surface area contributed by atoms with Crippen LogP contribution in [0, 0.1) is 0 Å². The summed E-state index contributed by atoms with van der Waals surface area (Å²) in [6.45, 7) is 2.74. The zero-order valence-electron chi connectivity index (χ0n) is 12.0. The molecule has 0 aliphatic rings. The van der Waals surface area contributed by atoms with Crippen LogP contribution in [-0.4, -0.2) is 23.5 Å². The molecule has 0 heterocycles. The van der Waals surface area contributed by atoms with Gasteiger partial charge in [0.1, 0.15) is 0 Å². The molecule has 0 aromatic heterocycles. The van der Waals surface area contributed by atoms with Crippen LogP contribution in [0.5, 0.6) is 0 Å². The summed E-state index contributed by atoms with van der Waals surface area (Å²) in [6.07, 6.45) is 5.74. The molecule has 1 amide bonds. The number of unbranched alkanes of at least 4 members (excludes halogenated alkanes) is 3. The van der Waals surface area contributed by atoms with Crippen LogP contribution in [0.25, 0.3) is 0 Å². The van der Waals surface area contributed by atoms with Gasteiger partial charge >= 0.3 is 5.97 Å². The van der Waals surface area contributed by atoms with Crippen molar-refractivity contribution in [2.24, 2.45) is 0 Å². The first-order valence-electron chi connectivity index (χ1n) is 7.22. The van der Waals surface area contributed by atoms with E-state index in [0.29, 0.717) is 13.0 Å². The topological polar surface area (TPSA) is 66.4 Å². The lowest BCUT2D eigenvalue weighted by Crippen LogP contribution is -2.25. The van der Waals surface area contributed by atoms with Gasteiger partial charge in [0.15, 0.2) is 0 Å². The second-order valence-electron chi connectivity index (χ2n) is 4.91. The molecule has 20 heavy (non-hydrogen) atoms. The van der Waals surface area contributed by atoms with E-state index in [-0.39, 0.29) is 11.5 Å². The Morgan fingerprint density at radius 1 is 1.10 bits per heavy atom. The number of carbonyl (C=O) groups excluding carboxylic acids is 1. The Kier molecular flexibility index (Phi) is 7.40. The van der Waals surface area contributed by atoms with E-state index in [1.807, 2.05) is 0 Å². The van der Waals surface area contributed by atoms with E-state index in [2.05, 4.69) is 12.2 Å². The van der Waals surface area contributed by atoms with E-state index in [1.165, 1.54) is 12.8 Å². The Hall–Kier alpha value is -1.84. The highest BCUT2D eigenvalue weighted by molar-refractivity contribution is 5.87. The van der Waals surface area contributed by atoms with Crippen LogP contribution >= 0.6 is 0 Å². The van der Waals surface area contributed by atoms with Crippen LogP contribution in [0.1, 0.15) is 54.9 Å².